The highest BCUT2D eigenvalue weighted by atomic mass is 16.5. The zero-order valence-corrected chi connectivity index (χ0v) is 11.3. The van der Waals surface area contributed by atoms with E-state index >= 15 is 0 Å². The summed E-state index contributed by atoms with van der Waals surface area (Å²) in [6.07, 6.45) is 0.400. The number of rotatable bonds is 3. The fourth-order valence-electron chi connectivity index (χ4n) is 2.01. The Kier molecular flexibility index (Phi) is 3.22. The highest BCUT2D eigenvalue weighted by Gasteiger charge is 2.29. The molecule has 1 aliphatic heterocycles. The molecule has 5 nitrogen and oxygen atoms in total. The maximum atomic E-state index is 11.6. The zero-order valence-electron chi connectivity index (χ0n) is 11.3. The first kappa shape index (κ1) is 13.4. The second kappa shape index (κ2) is 4.57. The molecule has 0 bridgehead atoms. The summed E-state index contributed by atoms with van der Waals surface area (Å²) < 4.78 is 5.33. The van der Waals surface area contributed by atoms with Gasteiger partial charge >= 0.3 is 5.97 Å². The number of hydrogen-bond donors (Lipinski definition) is 1. The average molecular weight is 263 g/mol. The molecular weight excluding hydrogens is 246 g/mol. The number of carbonyl (C=O) groups is 2. The molecule has 1 N–H and O–H groups in total. The van der Waals surface area contributed by atoms with E-state index in [2.05, 4.69) is 0 Å². The molecule has 102 valence electrons. The van der Waals surface area contributed by atoms with Crippen molar-refractivity contribution in [2.75, 3.05) is 18.6 Å². The summed E-state index contributed by atoms with van der Waals surface area (Å²) in [5.74, 6) is -0.299. The molecule has 0 saturated carbocycles. The van der Waals surface area contributed by atoms with Crippen LogP contribution in [0.5, 0.6) is 5.75 Å². The Labute approximate surface area is 111 Å². The van der Waals surface area contributed by atoms with Gasteiger partial charge < -0.3 is 14.7 Å². The Balaban J connectivity index is 2.31. The number of likely N-dealkylation sites (N-methyl/N-ethyl adjacent to an activating group) is 1. The van der Waals surface area contributed by atoms with E-state index in [1.54, 1.807) is 27.0 Å². The maximum Gasteiger partial charge on any atom is 0.309 e. The molecule has 1 aromatic rings. The van der Waals surface area contributed by atoms with Gasteiger partial charge in [-0.1, -0.05) is 6.07 Å². The Hall–Kier alpha value is -2.04. The lowest BCUT2D eigenvalue weighted by molar-refractivity contribution is -0.146. The van der Waals surface area contributed by atoms with E-state index in [0.29, 0.717) is 17.9 Å². The molecule has 0 aliphatic carbocycles. The minimum atomic E-state index is -0.842. The SMILES string of the molecule is CN1C(=O)COc2ccc(CC(C)(C)C(=O)O)cc21. The van der Waals surface area contributed by atoms with Gasteiger partial charge in [-0.25, -0.2) is 0 Å². The second-order valence-corrected chi connectivity index (χ2v) is 5.41. The monoisotopic (exact) mass is 263 g/mol. The number of carboxylic acids is 1. The Morgan fingerprint density at radius 3 is 2.79 bits per heavy atom. The van der Waals surface area contributed by atoms with Crippen LogP contribution in [-0.4, -0.2) is 30.6 Å². The van der Waals surface area contributed by atoms with Crippen LogP contribution in [0.15, 0.2) is 18.2 Å². The van der Waals surface area contributed by atoms with E-state index in [9.17, 15) is 9.59 Å². The minimum Gasteiger partial charge on any atom is -0.482 e. The molecule has 1 amide bonds. The molecule has 0 aromatic heterocycles. The summed E-state index contributed by atoms with van der Waals surface area (Å²) in [4.78, 5) is 24.2. The van der Waals surface area contributed by atoms with Gasteiger partial charge in [-0.15, -0.1) is 0 Å². The molecule has 1 aromatic carbocycles. The third kappa shape index (κ3) is 2.54. The molecule has 19 heavy (non-hydrogen) atoms. The van der Waals surface area contributed by atoms with Crippen LogP contribution in [0.25, 0.3) is 0 Å². The highest BCUT2D eigenvalue weighted by molar-refractivity contribution is 5.97. The smallest absolute Gasteiger partial charge is 0.309 e. The van der Waals surface area contributed by atoms with Gasteiger partial charge in [0.05, 0.1) is 11.1 Å². The number of nitrogens with zero attached hydrogens (tertiary/aromatic N) is 1. The van der Waals surface area contributed by atoms with Crippen molar-refractivity contribution in [3.05, 3.63) is 23.8 Å². The lowest BCUT2D eigenvalue weighted by Gasteiger charge is -2.27. The van der Waals surface area contributed by atoms with Gasteiger partial charge in [0.25, 0.3) is 5.91 Å². The summed E-state index contributed by atoms with van der Waals surface area (Å²) in [7, 11) is 1.69. The zero-order chi connectivity index (χ0) is 14.2. The van der Waals surface area contributed by atoms with Crippen LogP contribution in [0.3, 0.4) is 0 Å². The van der Waals surface area contributed by atoms with Gasteiger partial charge in [0.15, 0.2) is 6.61 Å². The van der Waals surface area contributed by atoms with Crippen LogP contribution < -0.4 is 9.64 Å². The molecule has 0 spiro atoms. The minimum absolute atomic E-state index is 0.0451. The number of hydrogen-bond acceptors (Lipinski definition) is 3. The molecule has 1 heterocycles. The number of anilines is 1. The number of amides is 1. The van der Waals surface area contributed by atoms with Crippen molar-refractivity contribution in [2.24, 2.45) is 5.41 Å². The van der Waals surface area contributed by atoms with Gasteiger partial charge in [0, 0.05) is 7.05 Å². The third-order valence-electron chi connectivity index (χ3n) is 3.33. The van der Waals surface area contributed by atoms with Crippen LogP contribution in [0.1, 0.15) is 19.4 Å². The van der Waals surface area contributed by atoms with E-state index in [1.807, 2.05) is 12.1 Å². The van der Waals surface area contributed by atoms with E-state index < -0.39 is 11.4 Å². The van der Waals surface area contributed by atoms with Crippen molar-refractivity contribution in [1.82, 2.24) is 0 Å². The molecule has 5 heteroatoms. The average Bonchev–Trinajstić information content (AvgIpc) is 2.34. The molecule has 0 saturated heterocycles. The summed E-state index contributed by atoms with van der Waals surface area (Å²) in [5.41, 5.74) is 0.720. The number of aliphatic carboxylic acids is 1. The predicted octanol–water partition coefficient (Wildman–Crippen LogP) is 1.70. The Bertz CT molecular complexity index is 536. The van der Waals surface area contributed by atoms with Crippen LogP contribution in [0, 0.1) is 5.41 Å². The fourth-order valence-corrected chi connectivity index (χ4v) is 2.01. The molecule has 1 aliphatic rings. The fraction of sp³-hybridized carbons (Fsp3) is 0.429. The molecule has 0 radical (unpaired) electrons. The highest BCUT2D eigenvalue weighted by Crippen LogP contribution is 2.33. The van der Waals surface area contributed by atoms with Crippen molar-refractivity contribution < 1.29 is 19.4 Å². The first-order chi connectivity index (χ1) is 8.81. The molecule has 2 rings (SSSR count). The van der Waals surface area contributed by atoms with Crippen molar-refractivity contribution in [2.45, 2.75) is 20.3 Å². The van der Waals surface area contributed by atoms with Gasteiger partial charge in [-0.05, 0) is 38.0 Å². The van der Waals surface area contributed by atoms with Crippen molar-refractivity contribution >= 4 is 17.6 Å². The number of ether oxygens (including phenoxy) is 1. The first-order valence-electron chi connectivity index (χ1n) is 6.07. The van der Waals surface area contributed by atoms with Crippen molar-refractivity contribution in [1.29, 1.82) is 0 Å². The predicted molar refractivity (Wildman–Crippen MR) is 70.5 cm³/mol. The standard InChI is InChI=1S/C14H17NO4/c1-14(2,13(17)18)7-9-4-5-11-10(6-9)15(3)12(16)8-19-11/h4-6H,7-8H2,1-3H3,(H,17,18). The summed E-state index contributed by atoms with van der Waals surface area (Å²) in [6, 6.07) is 5.44. The summed E-state index contributed by atoms with van der Waals surface area (Å²) in [5, 5.41) is 9.15. The number of fused-ring (bicyclic) bond motifs is 1. The molecule has 0 fully saturated rings. The molecule has 0 atom stereocenters. The summed E-state index contributed by atoms with van der Waals surface area (Å²) >= 11 is 0. The normalized spacial score (nSPS) is 14.9. The van der Waals surface area contributed by atoms with Crippen LogP contribution >= 0.6 is 0 Å². The lowest BCUT2D eigenvalue weighted by atomic mass is 9.86. The lowest BCUT2D eigenvalue weighted by Crippen LogP contribution is -2.35. The molecular formula is C14H17NO4. The quantitative estimate of drug-likeness (QED) is 0.901. The largest absolute Gasteiger partial charge is 0.482 e. The number of carboxylic acid groups (broad SMARTS) is 1. The topological polar surface area (TPSA) is 66.8 Å². The maximum absolute atomic E-state index is 11.6. The van der Waals surface area contributed by atoms with E-state index in [-0.39, 0.29) is 12.5 Å². The number of benzene rings is 1. The summed E-state index contributed by atoms with van der Waals surface area (Å²) in [6.45, 7) is 3.41. The van der Waals surface area contributed by atoms with Crippen LogP contribution in [0.2, 0.25) is 0 Å². The van der Waals surface area contributed by atoms with Gasteiger partial charge in [-0.2, -0.15) is 0 Å². The first-order valence-corrected chi connectivity index (χ1v) is 6.07. The second-order valence-electron chi connectivity index (χ2n) is 5.41. The van der Waals surface area contributed by atoms with Crippen LogP contribution in [0.4, 0.5) is 5.69 Å². The Morgan fingerprint density at radius 1 is 1.47 bits per heavy atom. The van der Waals surface area contributed by atoms with Gasteiger partial charge in [-0.3, -0.25) is 9.59 Å². The Morgan fingerprint density at radius 2 is 2.16 bits per heavy atom. The van der Waals surface area contributed by atoms with E-state index in [1.165, 1.54) is 4.90 Å². The van der Waals surface area contributed by atoms with Crippen molar-refractivity contribution in [3.63, 3.8) is 0 Å². The van der Waals surface area contributed by atoms with E-state index in [4.69, 9.17) is 9.84 Å². The van der Waals surface area contributed by atoms with Crippen molar-refractivity contribution in [3.8, 4) is 5.75 Å². The molecule has 0 unspecified atom stereocenters. The number of carbonyl (C=O) groups excluding carboxylic acids is 1. The van der Waals surface area contributed by atoms with Crippen LogP contribution in [-0.2, 0) is 16.0 Å². The van der Waals surface area contributed by atoms with Gasteiger partial charge in [0.1, 0.15) is 5.75 Å². The third-order valence-corrected chi connectivity index (χ3v) is 3.33. The van der Waals surface area contributed by atoms with Gasteiger partial charge in [0.2, 0.25) is 0 Å². The van der Waals surface area contributed by atoms with E-state index in [0.717, 1.165) is 5.56 Å².